The van der Waals surface area contributed by atoms with Gasteiger partial charge < -0.3 is 0 Å². The van der Waals surface area contributed by atoms with Crippen LogP contribution in [-0.4, -0.2) is 5.49 Å². The lowest BCUT2D eigenvalue weighted by atomic mass is 11.6. The average Bonchev–Trinajstić information content (AvgIpc) is 1.37. The molecule has 0 N–H and O–H groups in total. The average molecular weight is 75.1 g/mol. The normalized spacial score (nSPS) is 5.00. The van der Waals surface area contributed by atoms with Crippen LogP contribution in [0, 0.1) is 4.91 Å². The molecule has 3 heteroatoms. The van der Waals surface area contributed by atoms with E-state index in [1.54, 1.807) is 0 Å². The van der Waals surface area contributed by atoms with Gasteiger partial charge in [-0.2, -0.15) is 0 Å². The lowest BCUT2D eigenvalue weighted by Gasteiger charge is -1.35. The Hall–Kier alpha value is -0.310. The zero-order valence-electron chi connectivity index (χ0n) is 1.84. The highest BCUT2D eigenvalue weighted by Crippen LogP contribution is 1.45. The van der Waals surface area contributed by atoms with Crippen molar-refractivity contribution in [3.8, 4) is 0 Å². The second-order valence-corrected chi connectivity index (χ2v) is 0.422. The second kappa shape index (κ2) is 2.69. The van der Waals surface area contributed by atoms with E-state index in [0.29, 0.717) is 0 Å². The second-order valence-electron chi connectivity index (χ2n) is 0.211. The number of hydrogen-bond acceptors (Lipinski definition) is 2. The van der Waals surface area contributed by atoms with Crippen molar-refractivity contribution in [1.29, 1.82) is 0 Å². The van der Waals surface area contributed by atoms with Gasteiger partial charge in [0.25, 0.3) is 0 Å². The largest absolute Gasteiger partial charge is 0.145 e. The molecule has 22 valence electrons. The molecule has 2 nitrogen and oxygen atoms in total. The lowest BCUT2D eigenvalue weighted by molar-refractivity contribution is 1.79. The van der Waals surface area contributed by atoms with Crippen LogP contribution in [0.4, 0.5) is 0 Å². The molecule has 0 saturated heterocycles. The van der Waals surface area contributed by atoms with Crippen molar-refractivity contribution >= 4 is 17.7 Å². The van der Waals surface area contributed by atoms with Crippen LogP contribution in [0.25, 0.3) is 0 Å². The summed E-state index contributed by atoms with van der Waals surface area (Å²) in [5.41, 5.74) is 0.778. The van der Waals surface area contributed by atoms with Gasteiger partial charge in [-0.15, -0.1) is 4.91 Å². The number of thiocarbonyl (C=S) groups is 1. The number of rotatable bonds is 1. The highest BCUT2D eigenvalue weighted by atomic mass is 32.1. The Morgan fingerprint density at radius 3 is 2.25 bits per heavy atom. The molecule has 0 aliphatic carbocycles. The predicted octanol–water partition coefficient (Wildman–Crippen LogP) is 0.710. The van der Waals surface area contributed by atoms with Crippen LogP contribution in [-0.2, 0) is 0 Å². The highest BCUT2D eigenvalue weighted by molar-refractivity contribution is 7.78. The van der Waals surface area contributed by atoms with Crippen LogP contribution in [0.1, 0.15) is 0 Å². The maximum absolute atomic E-state index is 8.76. The Morgan fingerprint density at radius 1 is 2.00 bits per heavy atom. The van der Waals surface area contributed by atoms with E-state index in [9.17, 15) is 0 Å². The molecular weight excluding hydrogens is 74.1 g/mol. The van der Waals surface area contributed by atoms with E-state index in [4.69, 9.17) is 4.91 Å². The van der Waals surface area contributed by atoms with Crippen LogP contribution in [0.5, 0.6) is 0 Å². The Balaban J connectivity index is 2.73. The SMILES string of the molecule is O=NC=S. The minimum atomic E-state index is 0.778. The zero-order chi connectivity index (χ0) is 3.41. The maximum atomic E-state index is 8.76. The van der Waals surface area contributed by atoms with E-state index in [0.717, 1.165) is 5.49 Å². The van der Waals surface area contributed by atoms with Gasteiger partial charge in [0.1, 0.15) is 5.49 Å². The summed E-state index contributed by atoms with van der Waals surface area (Å²) in [6.07, 6.45) is 0. The Kier molecular flexibility index (Phi) is 2.48. The van der Waals surface area contributed by atoms with Gasteiger partial charge in [-0.05, 0) is 5.18 Å². The van der Waals surface area contributed by atoms with E-state index < -0.39 is 0 Å². The van der Waals surface area contributed by atoms with Crippen molar-refractivity contribution in [2.75, 3.05) is 0 Å². The molecule has 0 spiro atoms. The monoisotopic (exact) mass is 75.0 g/mol. The molecule has 0 radical (unpaired) electrons. The van der Waals surface area contributed by atoms with Gasteiger partial charge in [-0.1, -0.05) is 12.2 Å². The third kappa shape index (κ3) is 1.69. The van der Waals surface area contributed by atoms with Crippen LogP contribution in [0.15, 0.2) is 5.18 Å². The molecule has 0 saturated carbocycles. The quantitative estimate of drug-likeness (QED) is 0.339. The van der Waals surface area contributed by atoms with E-state index in [1.807, 2.05) is 0 Å². The van der Waals surface area contributed by atoms with E-state index in [2.05, 4.69) is 17.4 Å². The molecule has 0 aromatic carbocycles. The minimum Gasteiger partial charge on any atom is -0.145 e. The van der Waals surface area contributed by atoms with Crippen LogP contribution in [0.3, 0.4) is 0 Å². The molecule has 0 amide bonds. The summed E-state index contributed by atoms with van der Waals surface area (Å²) < 4.78 is 0. The maximum Gasteiger partial charge on any atom is 0.134 e. The standard InChI is InChI=1S/CHNOS/c3-2-1-4/h1H. The molecule has 0 unspecified atom stereocenters. The van der Waals surface area contributed by atoms with Gasteiger partial charge in [-0.25, -0.2) is 0 Å². The van der Waals surface area contributed by atoms with Gasteiger partial charge in [0.2, 0.25) is 0 Å². The molecule has 0 aliphatic heterocycles. The number of hydrogen-bond donors (Lipinski definition) is 0. The summed E-state index contributed by atoms with van der Waals surface area (Å²) >= 11 is 3.95. The molecule has 4 heavy (non-hydrogen) atoms. The first-order valence-corrected chi connectivity index (χ1v) is 1.15. The minimum absolute atomic E-state index is 0.778. The van der Waals surface area contributed by atoms with Crippen LogP contribution >= 0.6 is 12.2 Å². The summed E-state index contributed by atoms with van der Waals surface area (Å²) in [6.45, 7) is 0. The smallest absolute Gasteiger partial charge is 0.134 e. The molecule has 0 atom stereocenters. The summed E-state index contributed by atoms with van der Waals surface area (Å²) in [7, 11) is 0. The predicted molar refractivity (Wildman–Crippen MR) is 19.4 cm³/mol. The summed E-state index contributed by atoms with van der Waals surface area (Å²) in [5.74, 6) is 0. The molecule has 0 aliphatic rings. The first kappa shape index (κ1) is 3.69. The fourth-order valence-electron chi connectivity index (χ4n) is 0. The first-order chi connectivity index (χ1) is 1.91. The van der Waals surface area contributed by atoms with Crippen molar-refractivity contribution in [3.63, 3.8) is 0 Å². The van der Waals surface area contributed by atoms with Crippen molar-refractivity contribution in [2.45, 2.75) is 0 Å². The van der Waals surface area contributed by atoms with Crippen molar-refractivity contribution in [1.82, 2.24) is 0 Å². The van der Waals surface area contributed by atoms with Crippen molar-refractivity contribution < 1.29 is 0 Å². The summed E-state index contributed by atoms with van der Waals surface area (Å²) in [4.78, 5) is 8.76. The molecule has 0 bridgehead atoms. The van der Waals surface area contributed by atoms with Crippen LogP contribution in [0.2, 0.25) is 0 Å². The zero-order valence-corrected chi connectivity index (χ0v) is 2.66. The molecular formula is CHNOS. The Morgan fingerprint density at radius 2 is 2.25 bits per heavy atom. The van der Waals surface area contributed by atoms with Gasteiger partial charge in [0.15, 0.2) is 0 Å². The molecule has 0 rings (SSSR count). The third-order valence-electron chi connectivity index (χ3n) is 0.0430. The fraction of sp³-hybridized carbons (Fsp3) is 0. The van der Waals surface area contributed by atoms with E-state index in [1.165, 1.54) is 0 Å². The Bertz CT molecular complexity index is 29.0. The van der Waals surface area contributed by atoms with Gasteiger partial charge in [0.05, 0.1) is 0 Å². The van der Waals surface area contributed by atoms with Gasteiger partial charge in [0, 0.05) is 0 Å². The third-order valence-corrected chi connectivity index (χ3v) is 0.129. The fourth-order valence-corrected chi connectivity index (χ4v) is 0. The summed E-state index contributed by atoms with van der Waals surface area (Å²) in [6, 6.07) is 0. The highest BCUT2D eigenvalue weighted by Gasteiger charge is 1.39. The molecule has 0 aromatic rings. The lowest BCUT2D eigenvalue weighted by Crippen LogP contribution is -1.37. The van der Waals surface area contributed by atoms with Crippen molar-refractivity contribution in [2.24, 2.45) is 5.18 Å². The summed E-state index contributed by atoms with van der Waals surface area (Å²) in [5, 5.41) is 2.18. The van der Waals surface area contributed by atoms with Gasteiger partial charge >= 0.3 is 0 Å². The van der Waals surface area contributed by atoms with E-state index >= 15 is 0 Å². The number of nitrogens with zero attached hydrogens (tertiary/aromatic N) is 1. The first-order valence-electron chi connectivity index (χ1n) is 0.676. The molecule has 0 heterocycles. The van der Waals surface area contributed by atoms with Crippen LogP contribution < -0.4 is 0 Å². The van der Waals surface area contributed by atoms with Crippen molar-refractivity contribution in [3.05, 3.63) is 4.91 Å². The van der Waals surface area contributed by atoms with E-state index in [-0.39, 0.29) is 0 Å². The Labute approximate surface area is 28.8 Å². The van der Waals surface area contributed by atoms with Gasteiger partial charge in [-0.3, -0.25) is 0 Å². The molecule has 0 aromatic heterocycles. The molecule has 0 fully saturated rings. The number of nitroso groups, excluding NO2 is 1. The topological polar surface area (TPSA) is 29.4 Å².